The van der Waals surface area contributed by atoms with Gasteiger partial charge in [0.1, 0.15) is 11.3 Å². The summed E-state index contributed by atoms with van der Waals surface area (Å²) >= 11 is 1.55. The summed E-state index contributed by atoms with van der Waals surface area (Å²) in [5, 5.41) is 3.71. The SMILES string of the molecule is CNc1cccc(CSc2nc3ccccc3o2)n1. The predicted molar refractivity (Wildman–Crippen MR) is 77.4 cm³/mol. The Morgan fingerprint density at radius 3 is 2.84 bits per heavy atom. The van der Waals surface area contributed by atoms with E-state index in [1.807, 2.05) is 49.5 Å². The summed E-state index contributed by atoms with van der Waals surface area (Å²) in [5.41, 5.74) is 2.71. The van der Waals surface area contributed by atoms with Gasteiger partial charge in [-0.1, -0.05) is 30.0 Å². The molecule has 0 unspecified atom stereocenters. The zero-order valence-electron chi connectivity index (χ0n) is 10.5. The van der Waals surface area contributed by atoms with Crippen LogP contribution in [-0.4, -0.2) is 17.0 Å². The molecule has 0 aliphatic rings. The maximum Gasteiger partial charge on any atom is 0.257 e. The quantitative estimate of drug-likeness (QED) is 0.735. The van der Waals surface area contributed by atoms with E-state index < -0.39 is 0 Å². The Morgan fingerprint density at radius 1 is 1.11 bits per heavy atom. The van der Waals surface area contributed by atoms with E-state index >= 15 is 0 Å². The molecule has 4 nitrogen and oxygen atoms in total. The van der Waals surface area contributed by atoms with Crippen molar-refractivity contribution in [3.63, 3.8) is 0 Å². The maximum atomic E-state index is 5.65. The highest BCUT2D eigenvalue weighted by Gasteiger charge is 2.06. The van der Waals surface area contributed by atoms with Gasteiger partial charge >= 0.3 is 0 Å². The molecule has 3 rings (SSSR count). The van der Waals surface area contributed by atoms with Crippen LogP contribution in [0.1, 0.15) is 5.69 Å². The number of aromatic nitrogens is 2. The van der Waals surface area contributed by atoms with E-state index in [-0.39, 0.29) is 0 Å². The van der Waals surface area contributed by atoms with Crippen molar-refractivity contribution in [2.75, 3.05) is 12.4 Å². The normalized spacial score (nSPS) is 10.8. The number of nitrogens with zero attached hydrogens (tertiary/aromatic N) is 2. The number of hydrogen-bond donors (Lipinski definition) is 1. The monoisotopic (exact) mass is 271 g/mol. The minimum absolute atomic E-state index is 0.679. The summed E-state index contributed by atoms with van der Waals surface area (Å²) in [7, 11) is 1.86. The van der Waals surface area contributed by atoms with Gasteiger partial charge in [-0.2, -0.15) is 0 Å². The molecule has 0 saturated carbocycles. The molecule has 0 fully saturated rings. The lowest BCUT2D eigenvalue weighted by molar-refractivity contribution is 0.489. The Kier molecular flexibility index (Phi) is 3.37. The zero-order valence-corrected chi connectivity index (χ0v) is 11.3. The number of rotatable bonds is 4. The van der Waals surface area contributed by atoms with E-state index in [0.29, 0.717) is 5.22 Å². The molecule has 1 aromatic carbocycles. The third kappa shape index (κ3) is 2.71. The van der Waals surface area contributed by atoms with E-state index in [1.54, 1.807) is 11.8 Å². The summed E-state index contributed by atoms with van der Waals surface area (Å²) in [6, 6.07) is 13.7. The van der Waals surface area contributed by atoms with Gasteiger partial charge in [0.25, 0.3) is 5.22 Å². The first kappa shape index (κ1) is 12.0. The first-order chi connectivity index (χ1) is 9.35. The lowest BCUT2D eigenvalue weighted by atomic mass is 10.3. The highest BCUT2D eigenvalue weighted by molar-refractivity contribution is 7.98. The van der Waals surface area contributed by atoms with Crippen LogP contribution in [0.2, 0.25) is 0 Å². The highest BCUT2D eigenvalue weighted by Crippen LogP contribution is 2.25. The third-order valence-corrected chi connectivity index (χ3v) is 3.54. The van der Waals surface area contributed by atoms with Crippen molar-refractivity contribution in [3.8, 4) is 0 Å². The van der Waals surface area contributed by atoms with Gasteiger partial charge in [-0.3, -0.25) is 0 Å². The number of hydrogen-bond acceptors (Lipinski definition) is 5. The van der Waals surface area contributed by atoms with Crippen LogP contribution in [-0.2, 0) is 5.75 Å². The molecule has 0 atom stereocenters. The number of anilines is 1. The van der Waals surface area contributed by atoms with E-state index in [2.05, 4.69) is 15.3 Å². The molecule has 0 saturated heterocycles. The topological polar surface area (TPSA) is 51.0 Å². The number of para-hydroxylation sites is 2. The molecule has 0 aliphatic carbocycles. The van der Waals surface area contributed by atoms with Crippen LogP contribution >= 0.6 is 11.8 Å². The van der Waals surface area contributed by atoms with Crippen molar-refractivity contribution in [1.82, 2.24) is 9.97 Å². The highest BCUT2D eigenvalue weighted by atomic mass is 32.2. The summed E-state index contributed by atoms with van der Waals surface area (Å²) in [5.74, 6) is 1.61. The Labute approximate surface area is 115 Å². The predicted octanol–water partition coefficient (Wildman–Crippen LogP) is 3.56. The lowest BCUT2D eigenvalue weighted by Crippen LogP contribution is -1.94. The summed E-state index contributed by atoms with van der Waals surface area (Å²) in [6.45, 7) is 0. The van der Waals surface area contributed by atoms with Gasteiger partial charge in [-0.05, 0) is 24.3 Å². The van der Waals surface area contributed by atoms with Gasteiger partial charge in [0.15, 0.2) is 5.58 Å². The Bertz CT molecular complexity index is 663. The van der Waals surface area contributed by atoms with Crippen molar-refractivity contribution in [2.24, 2.45) is 0 Å². The van der Waals surface area contributed by atoms with Gasteiger partial charge in [-0.15, -0.1) is 0 Å². The average molecular weight is 271 g/mol. The number of oxazole rings is 1. The molecule has 0 spiro atoms. The summed E-state index contributed by atoms with van der Waals surface area (Å²) in [6.07, 6.45) is 0. The van der Waals surface area contributed by atoms with E-state index in [1.165, 1.54) is 0 Å². The molecule has 1 N–H and O–H groups in total. The second-order valence-electron chi connectivity index (χ2n) is 4.00. The van der Waals surface area contributed by atoms with Gasteiger partial charge in [0.05, 0.1) is 5.69 Å². The Morgan fingerprint density at radius 2 is 2.00 bits per heavy atom. The number of nitrogens with one attached hydrogen (secondary N) is 1. The fourth-order valence-electron chi connectivity index (χ4n) is 1.75. The molecule has 0 amide bonds. The number of fused-ring (bicyclic) bond motifs is 1. The molecule has 2 heterocycles. The minimum atomic E-state index is 0.679. The first-order valence-electron chi connectivity index (χ1n) is 5.97. The van der Waals surface area contributed by atoms with Gasteiger partial charge < -0.3 is 9.73 Å². The van der Waals surface area contributed by atoms with E-state index in [9.17, 15) is 0 Å². The molecule has 2 aromatic heterocycles. The fourth-order valence-corrected chi connectivity index (χ4v) is 2.49. The first-order valence-corrected chi connectivity index (χ1v) is 6.96. The van der Waals surface area contributed by atoms with Crippen LogP contribution in [0, 0.1) is 0 Å². The largest absolute Gasteiger partial charge is 0.431 e. The molecular weight excluding hydrogens is 258 g/mol. The smallest absolute Gasteiger partial charge is 0.257 e. The molecule has 19 heavy (non-hydrogen) atoms. The Balaban J connectivity index is 1.74. The van der Waals surface area contributed by atoms with Crippen molar-refractivity contribution >= 4 is 28.7 Å². The number of thioether (sulfide) groups is 1. The van der Waals surface area contributed by atoms with Gasteiger partial charge in [0.2, 0.25) is 0 Å². The van der Waals surface area contributed by atoms with E-state index in [0.717, 1.165) is 28.4 Å². The minimum Gasteiger partial charge on any atom is -0.431 e. The Hall–Kier alpha value is -2.01. The molecule has 96 valence electrons. The molecule has 3 aromatic rings. The van der Waals surface area contributed by atoms with Crippen LogP contribution in [0.3, 0.4) is 0 Å². The van der Waals surface area contributed by atoms with Crippen LogP contribution in [0.5, 0.6) is 0 Å². The second-order valence-corrected chi connectivity index (χ2v) is 4.93. The zero-order chi connectivity index (χ0) is 13.1. The van der Waals surface area contributed by atoms with Gasteiger partial charge in [0, 0.05) is 12.8 Å². The summed E-state index contributed by atoms with van der Waals surface area (Å²) in [4.78, 5) is 8.88. The van der Waals surface area contributed by atoms with Crippen molar-refractivity contribution < 1.29 is 4.42 Å². The fraction of sp³-hybridized carbons (Fsp3) is 0.143. The molecule has 0 aliphatic heterocycles. The van der Waals surface area contributed by atoms with Crippen LogP contribution in [0.15, 0.2) is 52.1 Å². The molecule has 0 bridgehead atoms. The van der Waals surface area contributed by atoms with Crippen molar-refractivity contribution in [1.29, 1.82) is 0 Å². The maximum absolute atomic E-state index is 5.65. The summed E-state index contributed by atoms with van der Waals surface area (Å²) < 4.78 is 5.65. The number of pyridine rings is 1. The number of benzene rings is 1. The van der Waals surface area contributed by atoms with Crippen LogP contribution in [0.4, 0.5) is 5.82 Å². The third-order valence-electron chi connectivity index (χ3n) is 2.68. The van der Waals surface area contributed by atoms with Gasteiger partial charge in [-0.25, -0.2) is 9.97 Å². The van der Waals surface area contributed by atoms with Crippen LogP contribution < -0.4 is 5.32 Å². The molecule has 0 radical (unpaired) electrons. The van der Waals surface area contributed by atoms with Crippen molar-refractivity contribution in [2.45, 2.75) is 11.0 Å². The lowest BCUT2D eigenvalue weighted by Gasteiger charge is -2.01. The van der Waals surface area contributed by atoms with E-state index in [4.69, 9.17) is 4.42 Å². The van der Waals surface area contributed by atoms with Crippen LogP contribution in [0.25, 0.3) is 11.1 Å². The molecule has 5 heteroatoms. The second kappa shape index (κ2) is 5.32. The van der Waals surface area contributed by atoms with Crippen molar-refractivity contribution in [3.05, 3.63) is 48.2 Å². The standard InChI is InChI=1S/C14H13N3OS/c1-15-13-8-4-5-10(16-13)9-19-14-17-11-6-2-3-7-12(11)18-14/h2-8H,9H2,1H3,(H,15,16). The average Bonchev–Trinajstić information content (AvgIpc) is 2.88. The molecular formula is C14H13N3OS.